The average molecular weight is 206 g/mol. The van der Waals surface area contributed by atoms with Crippen molar-refractivity contribution in [3.05, 3.63) is 34.9 Å². The molecule has 0 aliphatic heterocycles. The molecule has 2 heteroatoms. The molecule has 0 aliphatic rings. The van der Waals surface area contributed by atoms with Crippen LogP contribution in [0, 0.1) is 6.92 Å². The molecular formula is C13H18O2. The highest BCUT2D eigenvalue weighted by atomic mass is 16.4. The molecule has 0 radical (unpaired) electrons. The Labute approximate surface area is 90.9 Å². The minimum absolute atomic E-state index is 0.782. The van der Waals surface area contributed by atoms with E-state index >= 15 is 0 Å². The van der Waals surface area contributed by atoms with E-state index in [0.717, 1.165) is 17.5 Å². The fraction of sp³-hybridized carbons (Fsp3) is 0.462. The van der Waals surface area contributed by atoms with Crippen molar-refractivity contribution in [2.24, 2.45) is 0 Å². The lowest BCUT2D eigenvalue weighted by Crippen LogP contribution is -2.28. The second-order valence-electron chi connectivity index (χ2n) is 4.49. The van der Waals surface area contributed by atoms with Crippen LogP contribution in [0.5, 0.6) is 0 Å². The summed E-state index contributed by atoms with van der Waals surface area (Å²) in [5.41, 5.74) is 2.39. The summed E-state index contributed by atoms with van der Waals surface area (Å²) >= 11 is 0. The third kappa shape index (κ3) is 2.38. The molecular weight excluding hydrogens is 188 g/mol. The number of rotatable bonds is 3. The van der Waals surface area contributed by atoms with Gasteiger partial charge in [0.2, 0.25) is 0 Å². The summed E-state index contributed by atoms with van der Waals surface area (Å²) in [5.74, 6) is -0.782. The molecule has 1 rings (SSSR count). The van der Waals surface area contributed by atoms with Crippen LogP contribution < -0.4 is 0 Å². The van der Waals surface area contributed by atoms with Crippen molar-refractivity contribution in [2.75, 3.05) is 0 Å². The Morgan fingerprint density at radius 3 is 2.40 bits per heavy atom. The lowest BCUT2D eigenvalue weighted by Gasteiger charge is -2.21. The molecule has 0 heterocycles. The smallest absolute Gasteiger partial charge is 0.313 e. The molecule has 0 aliphatic carbocycles. The molecule has 82 valence electrons. The highest BCUT2D eigenvalue weighted by molar-refractivity contribution is 5.80. The minimum atomic E-state index is -0.810. The van der Waals surface area contributed by atoms with Crippen LogP contribution in [0.4, 0.5) is 0 Å². The van der Waals surface area contributed by atoms with E-state index in [-0.39, 0.29) is 0 Å². The standard InChI is InChI=1S/C13H18O2/c1-5-10-6-9(2)7-11(8-10)13(3,4)12(14)15/h6-8H,5H2,1-4H3,(H,14,15). The Kier molecular flexibility index (Phi) is 3.18. The van der Waals surface area contributed by atoms with Gasteiger partial charge in [-0.3, -0.25) is 4.79 Å². The number of hydrogen-bond donors (Lipinski definition) is 1. The van der Waals surface area contributed by atoms with Crippen molar-refractivity contribution in [2.45, 2.75) is 39.5 Å². The molecule has 0 saturated heterocycles. The summed E-state index contributed by atoms with van der Waals surface area (Å²) in [6.07, 6.45) is 0.935. The summed E-state index contributed by atoms with van der Waals surface area (Å²) in [5, 5.41) is 9.15. The van der Waals surface area contributed by atoms with Gasteiger partial charge in [0.25, 0.3) is 0 Å². The van der Waals surface area contributed by atoms with Crippen molar-refractivity contribution in [1.29, 1.82) is 0 Å². The van der Waals surface area contributed by atoms with Gasteiger partial charge in [-0.15, -0.1) is 0 Å². The van der Waals surface area contributed by atoms with Gasteiger partial charge in [0, 0.05) is 0 Å². The first-order valence-corrected chi connectivity index (χ1v) is 5.22. The van der Waals surface area contributed by atoms with Crippen LogP contribution in [0.15, 0.2) is 18.2 Å². The highest BCUT2D eigenvalue weighted by Crippen LogP contribution is 2.25. The van der Waals surface area contributed by atoms with Crippen molar-refractivity contribution < 1.29 is 9.90 Å². The lowest BCUT2D eigenvalue weighted by molar-refractivity contribution is -0.142. The quantitative estimate of drug-likeness (QED) is 0.825. The van der Waals surface area contributed by atoms with Crippen LogP contribution >= 0.6 is 0 Å². The van der Waals surface area contributed by atoms with Gasteiger partial charge in [0.1, 0.15) is 0 Å². The fourth-order valence-corrected chi connectivity index (χ4v) is 1.55. The van der Waals surface area contributed by atoms with Crippen LogP contribution in [-0.2, 0) is 16.6 Å². The third-order valence-corrected chi connectivity index (χ3v) is 2.80. The van der Waals surface area contributed by atoms with Crippen molar-refractivity contribution >= 4 is 5.97 Å². The number of benzene rings is 1. The van der Waals surface area contributed by atoms with Gasteiger partial charge in [-0.1, -0.05) is 30.7 Å². The summed E-state index contributed by atoms with van der Waals surface area (Å²) < 4.78 is 0. The van der Waals surface area contributed by atoms with Gasteiger partial charge in [0.05, 0.1) is 5.41 Å². The highest BCUT2D eigenvalue weighted by Gasteiger charge is 2.29. The normalized spacial score (nSPS) is 11.5. The maximum absolute atomic E-state index is 11.1. The van der Waals surface area contributed by atoms with E-state index < -0.39 is 11.4 Å². The van der Waals surface area contributed by atoms with Crippen LogP contribution in [-0.4, -0.2) is 11.1 Å². The molecule has 0 fully saturated rings. The molecule has 0 atom stereocenters. The molecule has 0 aromatic heterocycles. The molecule has 0 spiro atoms. The van der Waals surface area contributed by atoms with Crippen LogP contribution in [0.25, 0.3) is 0 Å². The first kappa shape index (κ1) is 11.8. The first-order valence-electron chi connectivity index (χ1n) is 5.22. The second kappa shape index (κ2) is 4.05. The molecule has 0 amide bonds. The maximum atomic E-state index is 11.1. The van der Waals surface area contributed by atoms with Gasteiger partial charge in [-0.2, -0.15) is 0 Å². The van der Waals surface area contributed by atoms with Crippen LogP contribution in [0.1, 0.15) is 37.5 Å². The van der Waals surface area contributed by atoms with Crippen LogP contribution in [0.3, 0.4) is 0 Å². The summed E-state index contributed by atoms with van der Waals surface area (Å²) in [6, 6.07) is 6.04. The van der Waals surface area contributed by atoms with E-state index in [1.54, 1.807) is 13.8 Å². The number of carbonyl (C=O) groups is 1. The molecule has 15 heavy (non-hydrogen) atoms. The molecule has 0 saturated carbocycles. The number of hydrogen-bond acceptors (Lipinski definition) is 1. The van der Waals surface area contributed by atoms with Gasteiger partial charge >= 0.3 is 5.97 Å². The summed E-state index contributed by atoms with van der Waals surface area (Å²) in [4.78, 5) is 11.1. The number of aliphatic carboxylic acids is 1. The largest absolute Gasteiger partial charge is 0.481 e. The van der Waals surface area contributed by atoms with Gasteiger partial charge in [-0.25, -0.2) is 0 Å². The number of aryl methyl sites for hydroxylation is 2. The van der Waals surface area contributed by atoms with E-state index in [9.17, 15) is 4.79 Å². The second-order valence-corrected chi connectivity index (χ2v) is 4.49. The monoisotopic (exact) mass is 206 g/mol. The first-order chi connectivity index (χ1) is 6.87. The Hall–Kier alpha value is -1.31. The Bertz CT molecular complexity index is 378. The van der Waals surface area contributed by atoms with Crippen molar-refractivity contribution in [3.63, 3.8) is 0 Å². The Morgan fingerprint density at radius 2 is 1.93 bits per heavy atom. The average Bonchev–Trinajstić information content (AvgIpc) is 2.16. The molecule has 1 N–H and O–H groups in total. The van der Waals surface area contributed by atoms with Gasteiger partial charge in [-0.05, 0) is 38.3 Å². The van der Waals surface area contributed by atoms with Crippen molar-refractivity contribution in [3.8, 4) is 0 Å². The zero-order chi connectivity index (χ0) is 11.6. The molecule has 0 unspecified atom stereocenters. The predicted octanol–water partition coefficient (Wildman–Crippen LogP) is 2.92. The Morgan fingerprint density at radius 1 is 1.33 bits per heavy atom. The van der Waals surface area contributed by atoms with E-state index in [1.807, 2.05) is 19.1 Å². The molecule has 1 aromatic rings. The van der Waals surface area contributed by atoms with Crippen molar-refractivity contribution in [1.82, 2.24) is 0 Å². The number of carboxylic acid groups (broad SMARTS) is 1. The van der Waals surface area contributed by atoms with Crippen LogP contribution in [0.2, 0.25) is 0 Å². The van der Waals surface area contributed by atoms with E-state index in [4.69, 9.17) is 5.11 Å². The zero-order valence-corrected chi connectivity index (χ0v) is 9.79. The molecule has 2 nitrogen and oxygen atoms in total. The van der Waals surface area contributed by atoms with Gasteiger partial charge in [0.15, 0.2) is 0 Å². The predicted molar refractivity (Wildman–Crippen MR) is 61.2 cm³/mol. The fourth-order valence-electron chi connectivity index (χ4n) is 1.55. The number of carboxylic acids is 1. The van der Waals surface area contributed by atoms with E-state index in [1.165, 1.54) is 5.56 Å². The maximum Gasteiger partial charge on any atom is 0.313 e. The SMILES string of the molecule is CCc1cc(C)cc(C(C)(C)C(=O)O)c1. The third-order valence-electron chi connectivity index (χ3n) is 2.80. The summed E-state index contributed by atoms with van der Waals surface area (Å²) in [7, 11) is 0. The Balaban J connectivity index is 3.25. The minimum Gasteiger partial charge on any atom is -0.481 e. The zero-order valence-electron chi connectivity index (χ0n) is 9.79. The molecule has 1 aromatic carbocycles. The van der Waals surface area contributed by atoms with E-state index in [2.05, 4.69) is 13.0 Å². The molecule has 0 bridgehead atoms. The van der Waals surface area contributed by atoms with Gasteiger partial charge < -0.3 is 5.11 Å². The summed E-state index contributed by atoms with van der Waals surface area (Å²) in [6.45, 7) is 7.56. The van der Waals surface area contributed by atoms with E-state index in [0.29, 0.717) is 0 Å². The topological polar surface area (TPSA) is 37.3 Å². The lowest BCUT2D eigenvalue weighted by atomic mass is 9.83.